The van der Waals surface area contributed by atoms with Crippen LogP contribution in [0.1, 0.15) is 31.9 Å². The van der Waals surface area contributed by atoms with E-state index in [0.717, 1.165) is 5.56 Å². The summed E-state index contributed by atoms with van der Waals surface area (Å²) in [6.07, 6.45) is 1.86. The minimum atomic E-state index is 0.182. The zero-order valence-corrected chi connectivity index (χ0v) is 8.02. The van der Waals surface area contributed by atoms with Crippen LogP contribution in [0.5, 0.6) is 0 Å². The standard InChI is InChI=1S/C12H15/c1-5-10-8-6-7-9-11(10)12(2,3)4/h5-7,9H,1H2,2-4H3. The van der Waals surface area contributed by atoms with E-state index in [9.17, 15) is 0 Å². The number of rotatable bonds is 1. The lowest BCUT2D eigenvalue weighted by atomic mass is 9.84. The van der Waals surface area contributed by atoms with Crippen LogP contribution in [-0.2, 0) is 5.41 Å². The Morgan fingerprint density at radius 1 is 1.42 bits per heavy atom. The second kappa shape index (κ2) is 3.14. The van der Waals surface area contributed by atoms with Crippen LogP contribution in [0.25, 0.3) is 6.08 Å². The number of hydrogen-bond donors (Lipinski definition) is 0. The summed E-state index contributed by atoms with van der Waals surface area (Å²) >= 11 is 0. The van der Waals surface area contributed by atoms with Crippen LogP contribution in [0.2, 0.25) is 0 Å². The Kier molecular flexibility index (Phi) is 2.37. The average molecular weight is 159 g/mol. The molecule has 1 radical (unpaired) electrons. The molecule has 1 aromatic carbocycles. The summed E-state index contributed by atoms with van der Waals surface area (Å²) in [5, 5.41) is 0. The van der Waals surface area contributed by atoms with Crippen molar-refractivity contribution in [3.8, 4) is 0 Å². The fourth-order valence-corrected chi connectivity index (χ4v) is 1.27. The molecule has 0 amide bonds. The average Bonchev–Trinajstić information content (AvgIpc) is 2.03. The molecule has 0 aromatic heterocycles. The second-order valence-corrected chi connectivity index (χ2v) is 3.95. The van der Waals surface area contributed by atoms with E-state index >= 15 is 0 Å². The Morgan fingerprint density at radius 2 is 2.08 bits per heavy atom. The molecular formula is C12H15. The van der Waals surface area contributed by atoms with Crippen molar-refractivity contribution < 1.29 is 0 Å². The van der Waals surface area contributed by atoms with E-state index in [0.29, 0.717) is 0 Å². The summed E-state index contributed by atoms with van der Waals surface area (Å²) in [4.78, 5) is 0. The minimum absolute atomic E-state index is 0.182. The molecule has 0 saturated heterocycles. The minimum Gasteiger partial charge on any atom is -0.0984 e. The maximum Gasteiger partial charge on any atom is -0.0103 e. The highest BCUT2D eigenvalue weighted by Crippen LogP contribution is 2.25. The van der Waals surface area contributed by atoms with E-state index in [-0.39, 0.29) is 5.41 Å². The molecule has 0 aliphatic heterocycles. The summed E-state index contributed by atoms with van der Waals surface area (Å²) in [6, 6.07) is 9.25. The molecule has 1 rings (SSSR count). The molecule has 1 aromatic rings. The van der Waals surface area contributed by atoms with Gasteiger partial charge in [0.05, 0.1) is 0 Å². The van der Waals surface area contributed by atoms with Crippen molar-refractivity contribution in [1.29, 1.82) is 0 Å². The molecule has 0 heteroatoms. The Bertz CT molecular complexity index is 276. The fraction of sp³-hybridized carbons (Fsp3) is 0.333. The van der Waals surface area contributed by atoms with E-state index in [1.165, 1.54) is 5.56 Å². The molecule has 0 fully saturated rings. The number of benzene rings is 1. The van der Waals surface area contributed by atoms with Gasteiger partial charge in [0, 0.05) is 0 Å². The third-order valence-corrected chi connectivity index (χ3v) is 1.90. The smallest absolute Gasteiger partial charge is 0.0103 e. The highest BCUT2D eigenvalue weighted by molar-refractivity contribution is 5.53. The third kappa shape index (κ3) is 1.76. The molecule has 0 unspecified atom stereocenters. The second-order valence-electron chi connectivity index (χ2n) is 3.95. The summed E-state index contributed by atoms with van der Waals surface area (Å²) < 4.78 is 0. The van der Waals surface area contributed by atoms with Crippen LogP contribution in [0.15, 0.2) is 24.8 Å². The molecule has 0 saturated carbocycles. The maximum atomic E-state index is 3.77. The van der Waals surface area contributed by atoms with Gasteiger partial charge in [-0.15, -0.1) is 0 Å². The first-order valence-electron chi connectivity index (χ1n) is 4.19. The highest BCUT2D eigenvalue weighted by atomic mass is 14.2. The van der Waals surface area contributed by atoms with Crippen LogP contribution in [0.4, 0.5) is 0 Å². The van der Waals surface area contributed by atoms with E-state index < -0.39 is 0 Å². The van der Waals surface area contributed by atoms with Crippen molar-refractivity contribution in [1.82, 2.24) is 0 Å². The molecular weight excluding hydrogens is 144 g/mol. The highest BCUT2D eigenvalue weighted by Gasteiger charge is 2.15. The van der Waals surface area contributed by atoms with Gasteiger partial charge in [0.1, 0.15) is 0 Å². The molecule has 0 heterocycles. The molecule has 0 N–H and O–H groups in total. The zero-order chi connectivity index (χ0) is 9.19. The van der Waals surface area contributed by atoms with E-state index in [2.05, 4.69) is 39.5 Å². The van der Waals surface area contributed by atoms with Crippen molar-refractivity contribution in [3.63, 3.8) is 0 Å². The van der Waals surface area contributed by atoms with Gasteiger partial charge in [-0.1, -0.05) is 51.6 Å². The van der Waals surface area contributed by atoms with Crippen LogP contribution in [-0.4, -0.2) is 0 Å². The molecule has 0 aliphatic rings. The lowest BCUT2D eigenvalue weighted by Gasteiger charge is -2.21. The van der Waals surface area contributed by atoms with Crippen LogP contribution >= 0.6 is 0 Å². The Hall–Kier alpha value is -1.04. The van der Waals surface area contributed by atoms with Gasteiger partial charge in [-0.3, -0.25) is 0 Å². The monoisotopic (exact) mass is 159 g/mol. The Balaban J connectivity index is 3.23. The molecule has 63 valence electrons. The molecule has 0 atom stereocenters. The van der Waals surface area contributed by atoms with Crippen molar-refractivity contribution in [3.05, 3.63) is 42.0 Å². The Labute approximate surface area is 74.9 Å². The topological polar surface area (TPSA) is 0 Å². The predicted octanol–water partition coefficient (Wildman–Crippen LogP) is 3.43. The van der Waals surface area contributed by atoms with Crippen molar-refractivity contribution in [2.24, 2.45) is 0 Å². The fourth-order valence-electron chi connectivity index (χ4n) is 1.27. The maximum absolute atomic E-state index is 3.77. The first-order chi connectivity index (χ1) is 5.55. The molecule has 0 aliphatic carbocycles. The van der Waals surface area contributed by atoms with Crippen LogP contribution in [0, 0.1) is 6.07 Å². The van der Waals surface area contributed by atoms with E-state index in [1.807, 2.05) is 18.2 Å². The summed E-state index contributed by atoms with van der Waals surface area (Å²) in [5.41, 5.74) is 2.60. The van der Waals surface area contributed by atoms with Gasteiger partial charge >= 0.3 is 0 Å². The normalized spacial score (nSPS) is 11.2. The van der Waals surface area contributed by atoms with Gasteiger partial charge in [-0.25, -0.2) is 0 Å². The van der Waals surface area contributed by atoms with Gasteiger partial charge < -0.3 is 0 Å². The molecule has 12 heavy (non-hydrogen) atoms. The lowest BCUT2D eigenvalue weighted by Crippen LogP contribution is -2.12. The van der Waals surface area contributed by atoms with E-state index in [4.69, 9.17) is 0 Å². The first kappa shape index (κ1) is 9.05. The SMILES string of the molecule is C=Cc1[c]cccc1C(C)(C)C. The van der Waals surface area contributed by atoms with Crippen molar-refractivity contribution in [2.45, 2.75) is 26.2 Å². The van der Waals surface area contributed by atoms with Gasteiger partial charge in [0.2, 0.25) is 0 Å². The zero-order valence-electron chi connectivity index (χ0n) is 8.02. The van der Waals surface area contributed by atoms with Crippen molar-refractivity contribution in [2.75, 3.05) is 0 Å². The van der Waals surface area contributed by atoms with Gasteiger partial charge in [-0.05, 0) is 22.6 Å². The van der Waals surface area contributed by atoms with Crippen molar-refractivity contribution >= 4 is 6.08 Å². The molecule has 0 spiro atoms. The summed E-state index contributed by atoms with van der Waals surface area (Å²) in [6.45, 7) is 10.4. The predicted molar refractivity (Wildman–Crippen MR) is 54.1 cm³/mol. The largest absolute Gasteiger partial charge is 0.0984 e. The summed E-state index contributed by atoms with van der Waals surface area (Å²) in [5.74, 6) is 0. The quantitative estimate of drug-likeness (QED) is 0.589. The van der Waals surface area contributed by atoms with E-state index in [1.54, 1.807) is 0 Å². The van der Waals surface area contributed by atoms with Crippen LogP contribution < -0.4 is 0 Å². The van der Waals surface area contributed by atoms with Crippen LogP contribution in [0.3, 0.4) is 0 Å². The molecule has 0 bridgehead atoms. The first-order valence-corrected chi connectivity index (χ1v) is 4.19. The van der Waals surface area contributed by atoms with Gasteiger partial charge in [0.15, 0.2) is 0 Å². The molecule has 0 nitrogen and oxygen atoms in total. The lowest BCUT2D eigenvalue weighted by molar-refractivity contribution is 0.589. The van der Waals surface area contributed by atoms with Gasteiger partial charge in [0.25, 0.3) is 0 Å². The Morgan fingerprint density at radius 3 is 2.50 bits per heavy atom. The number of hydrogen-bond acceptors (Lipinski definition) is 0. The third-order valence-electron chi connectivity index (χ3n) is 1.90. The van der Waals surface area contributed by atoms with Gasteiger partial charge in [-0.2, -0.15) is 0 Å². The summed E-state index contributed by atoms with van der Waals surface area (Å²) in [7, 11) is 0.